The summed E-state index contributed by atoms with van der Waals surface area (Å²) in [6.07, 6.45) is 5.07. The van der Waals surface area contributed by atoms with Crippen molar-refractivity contribution in [3.05, 3.63) is 35.9 Å². The van der Waals surface area contributed by atoms with Crippen LogP contribution in [0, 0.1) is 5.92 Å². The van der Waals surface area contributed by atoms with E-state index in [2.05, 4.69) is 34.9 Å². The summed E-state index contributed by atoms with van der Waals surface area (Å²) in [5.41, 5.74) is 1.37. The molecule has 0 radical (unpaired) electrons. The highest BCUT2D eigenvalue weighted by molar-refractivity contribution is 5.87. The standard InChI is InChI=1S/C19H27N3O2/c23-18(14-21-19(24)17-7-4-10-20-17)22-11-8-16(9-12-22)13-15-5-2-1-3-6-15/h1-3,5-6,16-17,20H,4,7-14H2,(H,21,24). The zero-order valence-corrected chi connectivity index (χ0v) is 14.2. The average Bonchev–Trinajstić information content (AvgIpc) is 3.16. The lowest BCUT2D eigenvalue weighted by atomic mass is 9.90. The first-order valence-electron chi connectivity index (χ1n) is 9.05. The second-order valence-corrected chi connectivity index (χ2v) is 6.88. The Morgan fingerprint density at radius 3 is 2.54 bits per heavy atom. The van der Waals surface area contributed by atoms with Gasteiger partial charge in [-0.1, -0.05) is 30.3 Å². The fourth-order valence-corrected chi connectivity index (χ4v) is 3.64. The van der Waals surface area contributed by atoms with Crippen LogP contribution >= 0.6 is 0 Å². The minimum absolute atomic E-state index is 0.0412. The molecular weight excluding hydrogens is 302 g/mol. The summed E-state index contributed by atoms with van der Waals surface area (Å²) < 4.78 is 0. The van der Waals surface area contributed by atoms with Gasteiger partial charge in [0, 0.05) is 13.1 Å². The van der Waals surface area contributed by atoms with Gasteiger partial charge in [0.2, 0.25) is 11.8 Å². The fourth-order valence-electron chi connectivity index (χ4n) is 3.64. The lowest BCUT2D eigenvalue weighted by Gasteiger charge is -2.32. The van der Waals surface area contributed by atoms with Crippen molar-refractivity contribution in [3.63, 3.8) is 0 Å². The number of benzene rings is 1. The van der Waals surface area contributed by atoms with E-state index in [-0.39, 0.29) is 24.4 Å². The largest absolute Gasteiger partial charge is 0.346 e. The number of likely N-dealkylation sites (tertiary alicyclic amines) is 1. The quantitative estimate of drug-likeness (QED) is 0.857. The van der Waals surface area contributed by atoms with Crippen molar-refractivity contribution in [2.24, 2.45) is 5.92 Å². The molecule has 2 aliphatic rings. The molecule has 1 atom stereocenters. The Morgan fingerprint density at radius 2 is 1.88 bits per heavy atom. The van der Waals surface area contributed by atoms with E-state index in [0.717, 1.165) is 51.7 Å². The molecule has 0 bridgehead atoms. The van der Waals surface area contributed by atoms with Crippen LogP contribution in [0.2, 0.25) is 0 Å². The van der Waals surface area contributed by atoms with Gasteiger partial charge in [0.15, 0.2) is 0 Å². The summed E-state index contributed by atoms with van der Waals surface area (Å²) in [7, 11) is 0. The normalized spacial score (nSPS) is 21.7. The van der Waals surface area contributed by atoms with Gasteiger partial charge in [-0.15, -0.1) is 0 Å². The number of rotatable bonds is 5. The first kappa shape index (κ1) is 17.0. The average molecular weight is 329 g/mol. The van der Waals surface area contributed by atoms with Crippen LogP contribution in [0.4, 0.5) is 0 Å². The lowest BCUT2D eigenvalue weighted by molar-refractivity contribution is -0.134. The third-order valence-electron chi connectivity index (χ3n) is 5.13. The SMILES string of the molecule is O=C(NCC(=O)N1CCC(Cc2ccccc2)CC1)C1CCCN1. The van der Waals surface area contributed by atoms with E-state index < -0.39 is 0 Å². The van der Waals surface area contributed by atoms with E-state index in [1.54, 1.807) is 0 Å². The molecule has 2 N–H and O–H groups in total. The topological polar surface area (TPSA) is 61.4 Å². The summed E-state index contributed by atoms with van der Waals surface area (Å²) >= 11 is 0. The molecule has 2 heterocycles. The fraction of sp³-hybridized carbons (Fsp3) is 0.579. The number of hydrogen-bond acceptors (Lipinski definition) is 3. The molecule has 2 saturated heterocycles. The zero-order valence-electron chi connectivity index (χ0n) is 14.2. The van der Waals surface area contributed by atoms with Crippen molar-refractivity contribution in [2.75, 3.05) is 26.2 Å². The van der Waals surface area contributed by atoms with Crippen LogP contribution in [-0.2, 0) is 16.0 Å². The van der Waals surface area contributed by atoms with Crippen LogP contribution in [0.15, 0.2) is 30.3 Å². The maximum absolute atomic E-state index is 12.3. The molecule has 1 aromatic rings. The Kier molecular flexibility index (Phi) is 5.86. The third-order valence-corrected chi connectivity index (χ3v) is 5.13. The van der Waals surface area contributed by atoms with Crippen LogP contribution < -0.4 is 10.6 Å². The molecule has 5 heteroatoms. The maximum Gasteiger partial charge on any atom is 0.241 e. The maximum atomic E-state index is 12.3. The molecule has 1 aromatic carbocycles. The Bertz CT molecular complexity index is 547. The number of piperidine rings is 1. The second kappa shape index (κ2) is 8.29. The van der Waals surface area contributed by atoms with Gasteiger partial charge in [-0.05, 0) is 50.1 Å². The molecule has 130 valence electrons. The van der Waals surface area contributed by atoms with Gasteiger partial charge in [-0.25, -0.2) is 0 Å². The van der Waals surface area contributed by atoms with E-state index in [9.17, 15) is 9.59 Å². The lowest BCUT2D eigenvalue weighted by Crippen LogP contribution is -2.47. The van der Waals surface area contributed by atoms with Gasteiger partial charge in [0.25, 0.3) is 0 Å². The molecular formula is C19H27N3O2. The minimum atomic E-state index is -0.116. The van der Waals surface area contributed by atoms with E-state index in [1.807, 2.05) is 11.0 Å². The molecule has 0 aromatic heterocycles. The smallest absolute Gasteiger partial charge is 0.241 e. The monoisotopic (exact) mass is 329 g/mol. The van der Waals surface area contributed by atoms with Crippen molar-refractivity contribution < 1.29 is 9.59 Å². The van der Waals surface area contributed by atoms with Crippen molar-refractivity contribution in [2.45, 2.75) is 38.1 Å². The number of hydrogen-bond donors (Lipinski definition) is 2. The van der Waals surface area contributed by atoms with Crippen LogP contribution in [0.1, 0.15) is 31.2 Å². The summed E-state index contributed by atoms with van der Waals surface area (Å²) in [6, 6.07) is 10.4. The van der Waals surface area contributed by atoms with Crippen LogP contribution in [-0.4, -0.2) is 48.9 Å². The first-order valence-corrected chi connectivity index (χ1v) is 9.05. The Balaban J connectivity index is 1.38. The van der Waals surface area contributed by atoms with Gasteiger partial charge in [0.05, 0.1) is 12.6 Å². The number of amides is 2. The van der Waals surface area contributed by atoms with Gasteiger partial charge in [-0.3, -0.25) is 9.59 Å². The molecule has 0 aliphatic carbocycles. The molecule has 5 nitrogen and oxygen atoms in total. The van der Waals surface area contributed by atoms with Crippen molar-refractivity contribution in [3.8, 4) is 0 Å². The van der Waals surface area contributed by atoms with Crippen LogP contribution in [0.3, 0.4) is 0 Å². The van der Waals surface area contributed by atoms with E-state index in [0.29, 0.717) is 5.92 Å². The highest BCUT2D eigenvalue weighted by Gasteiger charge is 2.25. The summed E-state index contributed by atoms with van der Waals surface area (Å²) in [4.78, 5) is 26.1. The van der Waals surface area contributed by atoms with Gasteiger partial charge < -0.3 is 15.5 Å². The summed E-state index contributed by atoms with van der Waals surface area (Å²) in [5.74, 6) is 0.646. The van der Waals surface area contributed by atoms with Crippen LogP contribution in [0.5, 0.6) is 0 Å². The Hall–Kier alpha value is -1.88. The predicted octanol–water partition coefficient (Wildman–Crippen LogP) is 1.34. The minimum Gasteiger partial charge on any atom is -0.346 e. The Morgan fingerprint density at radius 1 is 1.12 bits per heavy atom. The molecule has 24 heavy (non-hydrogen) atoms. The van der Waals surface area contributed by atoms with E-state index in [1.165, 1.54) is 5.56 Å². The van der Waals surface area contributed by atoms with Gasteiger partial charge >= 0.3 is 0 Å². The Labute approximate surface area is 143 Å². The van der Waals surface area contributed by atoms with Crippen LogP contribution in [0.25, 0.3) is 0 Å². The molecule has 3 rings (SSSR count). The molecule has 2 fully saturated rings. The first-order chi connectivity index (χ1) is 11.7. The number of nitrogens with zero attached hydrogens (tertiary/aromatic N) is 1. The second-order valence-electron chi connectivity index (χ2n) is 6.88. The van der Waals surface area contributed by atoms with Gasteiger partial charge in [-0.2, -0.15) is 0 Å². The highest BCUT2D eigenvalue weighted by atomic mass is 16.2. The van der Waals surface area contributed by atoms with Gasteiger partial charge in [0.1, 0.15) is 0 Å². The molecule has 0 spiro atoms. The molecule has 0 saturated carbocycles. The highest BCUT2D eigenvalue weighted by Crippen LogP contribution is 2.21. The van der Waals surface area contributed by atoms with E-state index in [4.69, 9.17) is 0 Å². The third kappa shape index (κ3) is 4.57. The summed E-state index contributed by atoms with van der Waals surface area (Å²) in [6.45, 7) is 2.61. The number of carbonyl (C=O) groups excluding carboxylic acids is 2. The predicted molar refractivity (Wildman–Crippen MR) is 93.5 cm³/mol. The van der Waals surface area contributed by atoms with Crippen molar-refractivity contribution in [1.29, 1.82) is 0 Å². The van der Waals surface area contributed by atoms with Crippen molar-refractivity contribution in [1.82, 2.24) is 15.5 Å². The molecule has 2 amide bonds. The summed E-state index contributed by atoms with van der Waals surface area (Å²) in [5, 5.41) is 5.93. The molecule has 2 aliphatic heterocycles. The number of carbonyl (C=O) groups is 2. The van der Waals surface area contributed by atoms with E-state index >= 15 is 0 Å². The zero-order chi connectivity index (χ0) is 16.8. The number of nitrogens with one attached hydrogen (secondary N) is 2. The van der Waals surface area contributed by atoms with Crippen molar-refractivity contribution >= 4 is 11.8 Å². The molecule has 1 unspecified atom stereocenters.